The number of nitrogens with one attached hydrogen (secondary N) is 1. The molecular formula is C10H15N5O5. The van der Waals surface area contributed by atoms with Gasteiger partial charge in [0.1, 0.15) is 11.7 Å². The zero-order chi connectivity index (χ0) is 15.3. The van der Waals surface area contributed by atoms with Crippen molar-refractivity contribution < 1.29 is 23.9 Å². The minimum absolute atomic E-state index is 0.00831. The number of urea groups is 1. The molecule has 10 heteroatoms. The number of methoxy groups -OCH3 is 2. The molecule has 110 valence electrons. The highest BCUT2D eigenvalue weighted by atomic mass is 16.5. The number of nitrogens with zero attached hydrogens (tertiary/aromatic N) is 3. The van der Waals surface area contributed by atoms with Gasteiger partial charge in [-0.05, 0) is 6.92 Å². The lowest BCUT2D eigenvalue weighted by molar-refractivity contribution is -0.123. The predicted molar refractivity (Wildman–Crippen MR) is 64.5 cm³/mol. The second-order valence-corrected chi connectivity index (χ2v) is 3.78. The highest BCUT2D eigenvalue weighted by Gasteiger charge is 2.26. The number of amides is 3. The molecular weight excluding hydrogens is 270 g/mol. The molecule has 1 aromatic rings. The summed E-state index contributed by atoms with van der Waals surface area (Å²) in [6.45, 7) is 1.46. The van der Waals surface area contributed by atoms with Crippen molar-refractivity contribution in [3.8, 4) is 0 Å². The minimum Gasteiger partial charge on any atom is -0.464 e. The molecule has 0 aliphatic rings. The average molecular weight is 285 g/mol. The van der Waals surface area contributed by atoms with E-state index in [0.717, 1.165) is 4.68 Å². The number of rotatable bonds is 5. The normalized spacial score (nSPS) is 11.8. The summed E-state index contributed by atoms with van der Waals surface area (Å²) >= 11 is 0. The van der Waals surface area contributed by atoms with Crippen molar-refractivity contribution in [1.29, 1.82) is 0 Å². The van der Waals surface area contributed by atoms with Crippen LogP contribution in [0.3, 0.4) is 0 Å². The van der Waals surface area contributed by atoms with Gasteiger partial charge in [-0.15, -0.1) is 5.10 Å². The topological polar surface area (TPSA) is 138 Å². The summed E-state index contributed by atoms with van der Waals surface area (Å²) in [4.78, 5) is 33.9. The molecule has 1 rings (SSSR count). The molecule has 0 saturated heterocycles. The summed E-state index contributed by atoms with van der Waals surface area (Å²) in [7, 11) is 2.60. The van der Waals surface area contributed by atoms with Crippen LogP contribution >= 0.6 is 0 Å². The Kier molecular flexibility index (Phi) is 5.15. The lowest BCUT2D eigenvalue weighted by Gasteiger charge is -2.13. The van der Waals surface area contributed by atoms with Gasteiger partial charge in [0.25, 0.3) is 5.91 Å². The Bertz CT molecular complexity index is 526. The summed E-state index contributed by atoms with van der Waals surface area (Å²) in [6, 6.07) is -1.89. The summed E-state index contributed by atoms with van der Waals surface area (Å²) < 4.78 is 10.7. The van der Waals surface area contributed by atoms with Crippen LogP contribution in [0.4, 0.5) is 4.79 Å². The maximum absolute atomic E-state index is 11.7. The maximum atomic E-state index is 11.7. The standard InChI is InChI=1S/C10H15N5O5/c1-5(8(16)12-10(11)18)15-6(4-19-2)7(13-14-15)9(17)20-3/h5H,4H2,1-3H3,(H3,11,12,16,18). The van der Waals surface area contributed by atoms with Gasteiger partial charge in [-0.1, -0.05) is 5.21 Å². The van der Waals surface area contributed by atoms with E-state index in [1.165, 1.54) is 21.1 Å². The van der Waals surface area contributed by atoms with E-state index < -0.39 is 23.9 Å². The quantitative estimate of drug-likeness (QED) is 0.659. The molecule has 1 atom stereocenters. The first-order valence-corrected chi connectivity index (χ1v) is 5.54. The van der Waals surface area contributed by atoms with Gasteiger partial charge in [0.2, 0.25) is 0 Å². The largest absolute Gasteiger partial charge is 0.464 e. The van der Waals surface area contributed by atoms with Gasteiger partial charge >= 0.3 is 12.0 Å². The van der Waals surface area contributed by atoms with Gasteiger partial charge in [-0.2, -0.15) is 0 Å². The van der Waals surface area contributed by atoms with Crippen molar-refractivity contribution in [3.63, 3.8) is 0 Å². The number of nitrogens with two attached hydrogens (primary N) is 1. The van der Waals surface area contributed by atoms with Crippen molar-refractivity contribution in [1.82, 2.24) is 20.3 Å². The van der Waals surface area contributed by atoms with E-state index in [4.69, 9.17) is 10.5 Å². The summed E-state index contributed by atoms with van der Waals surface area (Å²) in [5.74, 6) is -1.39. The molecule has 0 spiro atoms. The summed E-state index contributed by atoms with van der Waals surface area (Å²) in [5.41, 5.74) is 5.06. The van der Waals surface area contributed by atoms with Gasteiger partial charge in [0.15, 0.2) is 5.69 Å². The number of hydrogen-bond acceptors (Lipinski definition) is 7. The van der Waals surface area contributed by atoms with Crippen LogP contribution < -0.4 is 11.1 Å². The van der Waals surface area contributed by atoms with Crippen LogP contribution in [-0.2, 0) is 20.9 Å². The summed E-state index contributed by atoms with van der Waals surface area (Å²) in [5, 5.41) is 9.27. The van der Waals surface area contributed by atoms with Crippen LogP contribution in [0, 0.1) is 0 Å². The molecule has 0 radical (unpaired) electrons. The highest BCUT2D eigenvalue weighted by molar-refractivity contribution is 5.95. The molecule has 0 fully saturated rings. The smallest absolute Gasteiger partial charge is 0.360 e. The molecule has 0 saturated carbocycles. The molecule has 1 aromatic heterocycles. The molecule has 10 nitrogen and oxygen atoms in total. The Morgan fingerprint density at radius 2 is 2.05 bits per heavy atom. The third-order valence-corrected chi connectivity index (χ3v) is 2.44. The monoisotopic (exact) mass is 285 g/mol. The van der Waals surface area contributed by atoms with Crippen molar-refractivity contribution in [2.24, 2.45) is 5.73 Å². The van der Waals surface area contributed by atoms with E-state index in [-0.39, 0.29) is 18.0 Å². The second kappa shape index (κ2) is 6.61. The Morgan fingerprint density at radius 3 is 2.55 bits per heavy atom. The number of primary amides is 1. The Hall–Kier alpha value is -2.49. The molecule has 1 unspecified atom stereocenters. The van der Waals surface area contributed by atoms with E-state index in [1.54, 1.807) is 0 Å². The number of imide groups is 1. The first-order valence-electron chi connectivity index (χ1n) is 5.54. The van der Waals surface area contributed by atoms with Crippen LogP contribution in [0.2, 0.25) is 0 Å². The average Bonchev–Trinajstić information content (AvgIpc) is 2.80. The van der Waals surface area contributed by atoms with E-state index in [9.17, 15) is 14.4 Å². The number of esters is 1. The molecule has 0 bridgehead atoms. The summed E-state index contributed by atoms with van der Waals surface area (Å²) in [6.07, 6.45) is 0. The van der Waals surface area contributed by atoms with Gasteiger partial charge < -0.3 is 15.2 Å². The first-order chi connectivity index (χ1) is 9.42. The zero-order valence-corrected chi connectivity index (χ0v) is 11.2. The fourth-order valence-electron chi connectivity index (χ4n) is 1.49. The molecule has 0 aliphatic heterocycles. The number of carbonyl (C=O) groups is 3. The Labute approximate surface area is 114 Å². The molecule has 3 amide bonds. The van der Waals surface area contributed by atoms with Crippen molar-refractivity contribution in [2.75, 3.05) is 14.2 Å². The molecule has 0 aliphatic carbocycles. The van der Waals surface area contributed by atoms with Crippen LogP contribution in [0.25, 0.3) is 0 Å². The number of ether oxygens (including phenoxy) is 2. The number of aromatic nitrogens is 3. The van der Waals surface area contributed by atoms with Crippen LogP contribution in [0.15, 0.2) is 0 Å². The fourth-order valence-corrected chi connectivity index (χ4v) is 1.49. The molecule has 1 heterocycles. The van der Waals surface area contributed by atoms with Crippen molar-refractivity contribution in [3.05, 3.63) is 11.4 Å². The third-order valence-electron chi connectivity index (χ3n) is 2.44. The van der Waals surface area contributed by atoms with Crippen LogP contribution in [0.5, 0.6) is 0 Å². The Morgan fingerprint density at radius 1 is 1.40 bits per heavy atom. The fraction of sp³-hybridized carbons (Fsp3) is 0.500. The SMILES string of the molecule is COCc1c(C(=O)OC)nnn1C(C)C(=O)NC(N)=O. The minimum atomic E-state index is -0.983. The van der Waals surface area contributed by atoms with Crippen LogP contribution in [0.1, 0.15) is 29.1 Å². The van der Waals surface area contributed by atoms with Crippen LogP contribution in [-0.4, -0.2) is 47.1 Å². The highest BCUT2D eigenvalue weighted by Crippen LogP contribution is 2.14. The van der Waals surface area contributed by atoms with E-state index >= 15 is 0 Å². The first kappa shape index (κ1) is 15.6. The molecule has 20 heavy (non-hydrogen) atoms. The maximum Gasteiger partial charge on any atom is 0.360 e. The van der Waals surface area contributed by atoms with E-state index in [0.29, 0.717) is 0 Å². The second-order valence-electron chi connectivity index (χ2n) is 3.78. The molecule has 3 N–H and O–H groups in total. The van der Waals surface area contributed by atoms with Gasteiger partial charge in [0, 0.05) is 7.11 Å². The lowest BCUT2D eigenvalue weighted by Crippen LogP contribution is -2.39. The zero-order valence-electron chi connectivity index (χ0n) is 11.2. The third kappa shape index (κ3) is 3.29. The van der Waals surface area contributed by atoms with Crippen molar-refractivity contribution >= 4 is 17.9 Å². The van der Waals surface area contributed by atoms with Gasteiger partial charge in [0.05, 0.1) is 13.7 Å². The number of carbonyl (C=O) groups excluding carboxylic acids is 3. The van der Waals surface area contributed by atoms with E-state index in [1.807, 2.05) is 5.32 Å². The van der Waals surface area contributed by atoms with Gasteiger partial charge in [-0.3, -0.25) is 10.1 Å². The van der Waals surface area contributed by atoms with Gasteiger partial charge in [-0.25, -0.2) is 14.3 Å². The predicted octanol–water partition coefficient (Wildman–Crippen LogP) is -1.03. The molecule has 0 aromatic carbocycles. The Balaban J connectivity index is 3.11. The van der Waals surface area contributed by atoms with Crippen molar-refractivity contribution in [2.45, 2.75) is 19.6 Å². The number of hydrogen-bond donors (Lipinski definition) is 2. The van der Waals surface area contributed by atoms with E-state index in [2.05, 4.69) is 15.0 Å². The lowest BCUT2D eigenvalue weighted by atomic mass is 10.2.